The number of thioether (sulfide) groups is 1. The van der Waals surface area contributed by atoms with Gasteiger partial charge in [-0.1, -0.05) is 49.4 Å². The lowest BCUT2D eigenvalue weighted by Gasteiger charge is -2.18. The molecule has 0 saturated carbocycles. The van der Waals surface area contributed by atoms with E-state index in [0.29, 0.717) is 6.04 Å². The van der Waals surface area contributed by atoms with Crippen molar-refractivity contribution in [2.24, 2.45) is 0 Å². The molecule has 0 aliphatic heterocycles. The van der Waals surface area contributed by atoms with E-state index in [2.05, 4.69) is 61.0 Å². The van der Waals surface area contributed by atoms with Gasteiger partial charge in [-0.3, -0.25) is 0 Å². The van der Waals surface area contributed by atoms with Crippen LogP contribution in [0.1, 0.15) is 29.7 Å². The highest BCUT2D eigenvalue weighted by atomic mass is 32.2. The maximum absolute atomic E-state index is 3.59. The molecule has 2 aromatic rings. The molecule has 1 aliphatic rings. The zero-order valence-corrected chi connectivity index (χ0v) is 13.0. The van der Waals surface area contributed by atoms with Gasteiger partial charge < -0.3 is 5.32 Å². The van der Waals surface area contributed by atoms with Crippen LogP contribution in [0.2, 0.25) is 0 Å². The first kappa shape index (κ1) is 13.7. The van der Waals surface area contributed by atoms with Crippen LogP contribution < -0.4 is 5.32 Å². The lowest BCUT2D eigenvalue weighted by atomic mass is 10.0. The summed E-state index contributed by atoms with van der Waals surface area (Å²) in [6, 6.07) is 16.2. The van der Waals surface area contributed by atoms with Gasteiger partial charge in [0.05, 0.1) is 0 Å². The first-order valence-electron chi connectivity index (χ1n) is 7.27. The molecule has 0 radical (unpaired) electrons. The van der Waals surface area contributed by atoms with E-state index in [-0.39, 0.29) is 0 Å². The molecule has 0 amide bonds. The fraction of sp³-hybridized carbons (Fsp3) is 0.333. The summed E-state index contributed by atoms with van der Waals surface area (Å²) in [5.41, 5.74) is 7.20. The Morgan fingerprint density at radius 3 is 2.70 bits per heavy atom. The van der Waals surface area contributed by atoms with Crippen molar-refractivity contribution in [3.63, 3.8) is 0 Å². The Bertz CT molecular complexity index is 600. The molecule has 0 spiro atoms. The molecule has 20 heavy (non-hydrogen) atoms. The Balaban J connectivity index is 1.93. The topological polar surface area (TPSA) is 12.0 Å². The smallest absolute Gasteiger partial charge is 0.0411 e. The summed E-state index contributed by atoms with van der Waals surface area (Å²) in [6.45, 7) is 3.19. The van der Waals surface area contributed by atoms with E-state index in [1.54, 1.807) is 0 Å². The Morgan fingerprint density at radius 1 is 1.10 bits per heavy atom. The number of hydrogen-bond acceptors (Lipinski definition) is 2. The third-order valence-corrected chi connectivity index (χ3v) is 4.67. The Kier molecular flexibility index (Phi) is 4.13. The van der Waals surface area contributed by atoms with Gasteiger partial charge in [-0.05, 0) is 47.0 Å². The summed E-state index contributed by atoms with van der Waals surface area (Å²) < 4.78 is 0. The van der Waals surface area contributed by atoms with Crippen molar-refractivity contribution in [2.45, 2.75) is 19.4 Å². The van der Waals surface area contributed by atoms with E-state index in [4.69, 9.17) is 0 Å². The summed E-state index contributed by atoms with van der Waals surface area (Å²) in [5.74, 6) is 1.12. The van der Waals surface area contributed by atoms with E-state index in [1.165, 1.54) is 27.8 Å². The number of rotatable bonds is 5. The number of nitrogens with one attached hydrogen (secondary N) is 1. The fourth-order valence-electron chi connectivity index (χ4n) is 3.07. The molecular weight excluding hydrogens is 262 g/mol. The summed E-state index contributed by atoms with van der Waals surface area (Å²) in [5, 5.41) is 3.59. The summed E-state index contributed by atoms with van der Waals surface area (Å²) in [4.78, 5) is 0. The number of fused-ring (bicyclic) bond motifs is 3. The van der Waals surface area contributed by atoms with Crippen molar-refractivity contribution < 1.29 is 0 Å². The predicted octanol–water partition coefficient (Wildman–Crippen LogP) is 4.27. The quantitative estimate of drug-likeness (QED) is 0.750. The molecule has 0 saturated heterocycles. The van der Waals surface area contributed by atoms with Gasteiger partial charge in [0.2, 0.25) is 0 Å². The van der Waals surface area contributed by atoms with Crippen molar-refractivity contribution in [1.29, 1.82) is 0 Å². The molecule has 0 aromatic heterocycles. The van der Waals surface area contributed by atoms with E-state index in [1.807, 2.05) is 11.8 Å². The van der Waals surface area contributed by atoms with Crippen LogP contribution >= 0.6 is 11.8 Å². The normalized spacial score (nSPS) is 13.9. The van der Waals surface area contributed by atoms with Crippen LogP contribution in [0.5, 0.6) is 0 Å². The minimum atomic E-state index is 0.462. The molecule has 104 valence electrons. The molecule has 1 atom stereocenters. The summed E-state index contributed by atoms with van der Waals surface area (Å²) in [6.07, 6.45) is 3.25. The van der Waals surface area contributed by atoms with Crippen LogP contribution in [0.3, 0.4) is 0 Å². The van der Waals surface area contributed by atoms with Crippen molar-refractivity contribution in [2.75, 3.05) is 18.6 Å². The van der Waals surface area contributed by atoms with Crippen LogP contribution in [0.15, 0.2) is 42.5 Å². The molecule has 0 bridgehead atoms. The van der Waals surface area contributed by atoms with Gasteiger partial charge in [0, 0.05) is 11.8 Å². The highest BCUT2D eigenvalue weighted by molar-refractivity contribution is 7.98. The fourth-order valence-corrected chi connectivity index (χ4v) is 3.71. The van der Waals surface area contributed by atoms with Crippen molar-refractivity contribution in [3.05, 3.63) is 59.2 Å². The first-order valence-corrected chi connectivity index (χ1v) is 8.66. The van der Waals surface area contributed by atoms with Crippen LogP contribution in [-0.4, -0.2) is 18.6 Å². The molecule has 0 fully saturated rings. The standard InChI is InChI=1S/C18H21NS/c1-3-19-18(12-20-2)14-8-9-17-15(11-14)10-13-6-4-5-7-16(13)17/h4-9,11,18-19H,3,10,12H2,1-2H3. The second-order valence-electron chi connectivity index (χ2n) is 5.32. The van der Waals surface area contributed by atoms with Crippen LogP contribution in [0, 0.1) is 0 Å². The van der Waals surface area contributed by atoms with Gasteiger partial charge in [-0.2, -0.15) is 11.8 Å². The van der Waals surface area contributed by atoms with Gasteiger partial charge in [0.25, 0.3) is 0 Å². The largest absolute Gasteiger partial charge is 0.310 e. The minimum Gasteiger partial charge on any atom is -0.310 e. The SMILES string of the molecule is CCNC(CSC)c1ccc2c(c1)Cc1ccccc1-2. The molecular formula is C18H21NS. The minimum absolute atomic E-state index is 0.462. The molecule has 0 heterocycles. The Hall–Kier alpha value is -1.25. The van der Waals surface area contributed by atoms with Crippen molar-refractivity contribution in [1.82, 2.24) is 5.32 Å². The number of hydrogen-bond donors (Lipinski definition) is 1. The summed E-state index contributed by atoms with van der Waals surface area (Å²) >= 11 is 1.90. The average molecular weight is 283 g/mol. The second-order valence-corrected chi connectivity index (χ2v) is 6.23. The molecule has 3 rings (SSSR count). The van der Waals surface area contributed by atoms with Crippen LogP contribution in [-0.2, 0) is 6.42 Å². The Morgan fingerprint density at radius 2 is 1.90 bits per heavy atom. The van der Waals surface area contributed by atoms with E-state index >= 15 is 0 Å². The Labute approximate surface area is 125 Å². The zero-order chi connectivity index (χ0) is 13.9. The highest BCUT2D eigenvalue weighted by Gasteiger charge is 2.19. The third kappa shape index (κ3) is 2.50. The van der Waals surface area contributed by atoms with E-state index in [0.717, 1.165) is 18.7 Å². The summed E-state index contributed by atoms with van der Waals surface area (Å²) in [7, 11) is 0. The van der Waals surface area contributed by atoms with Gasteiger partial charge >= 0.3 is 0 Å². The molecule has 1 N–H and O–H groups in total. The lowest BCUT2D eigenvalue weighted by Crippen LogP contribution is -2.22. The maximum atomic E-state index is 3.59. The van der Waals surface area contributed by atoms with Gasteiger partial charge in [-0.25, -0.2) is 0 Å². The average Bonchev–Trinajstić information content (AvgIpc) is 2.84. The molecule has 2 heteroatoms. The van der Waals surface area contributed by atoms with Crippen molar-refractivity contribution >= 4 is 11.8 Å². The number of benzene rings is 2. The first-order chi connectivity index (χ1) is 9.83. The third-order valence-electron chi connectivity index (χ3n) is 4.00. The maximum Gasteiger partial charge on any atom is 0.0411 e. The zero-order valence-electron chi connectivity index (χ0n) is 12.1. The molecule has 1 unspecified atom stereocenters. The van der Waals surface area contributed by atoms with Crippen molar-refractivity contribution in [3.8, 4) is 11.1 Å². The second kappa shape index (κ2) is 6.02. The highest BCUT2D eigenvalue weighted by Crippen LogP contribution is 2.37. The van der Waals surface area contributed by atoms with Gasteiger partial charge in [0.15, 0.2) is 0 Å². The predicted molar refractivity (Wildman–Crippen MR) is 89.5 cm³/mol. The molecule has 1 aliphatic carbocycles. The monoisotopic (exact) mass is 283 g/mol. The molecule has 2 aromatic carbocycles. The van der Waals surface area contributed by atoms with E-state index < -0.39 is 0 Å². The lowest BCUT2D eigenvalue weighted by molar-refractivity contribution is 0.606. The molecule has 1 nitrogen and oxygen atoms in total. The van der Waals surface area contributed by atoms with E-state index in [9.17, 15) is 0 Å². The van der Waals surface area contributed by atoms with Crippen LogP contribution in [0.4, 0.5) is 0 Å². The van der Waals surface area contributed by atoms with Crippen LogP contribution in [0.25, 0.3) is 11.1 Å². The van der Waals surface area contributed by atoms with Gasteiger partial charge in [-0.15, -0.1) is 0 Å². The van der Waals surface area contributed by atoms with Gasteiger partial charge in [0.1, 0.15) is 0 Å².